The van der Waals surface area contributed by atoms with Crippen molar-refractivity contribution in [3.63, 3.8) is 0 Å². The summed E-state index contributed by atoms with van der Waals surface area (Å²) in [6.07, 6.45) is 0.981. The van der Waals surface area contributed by atoms with Crippen molar-refractivity contribution in [1.29, 1.82) is 0 Å². The molecule has 2 fully saturated rings. The Kier molecular flexibility index (Phi) is 4.82. The number of anilines is 4. The molecular weight excluding hydrogens is 411 g/mol. The number of carbonyl (C=O) groups excluding carboxylic acids is 1. The Morgan fingerprint density at radius 1 is 1.10 bits per heavy atom. The first-order valence-corrected chi connectivity index (χ1v) is 10.4. The number of nitrogens with one attached hydrogen (secondary N) is 1. The van der Waals surface area contributed by atoms with Gasteiger partial charge in [0.2, 0.25) is 5.95 Å². The van der Waals surface area contributed by atoms with E-state index in [2.05, 4.69) is 25.2 Å². The summed E-state index contributed by atoms with van der Waals surface area (Å²) in [6, 6.07) is 4.87. The number of hydrogen-bond acceptors (Lipinski definition) is 6. The molecule has 5 heterocycles. The predicted octanol–water partition coefficient (Wildman–Crippen LogP) is 3.63. The number of pyridine rings is 1. The highest BCUT2D eigenvalue weighted by molar-refractivity contribution is 6.05. The van der Waals surface area contributed by atoms with Gasteiger partial charge in [0, 0.05) is 32.0 Å². The fraction of sp³-hybridized carbons (Fsp3) is 0.500. The SMILES string of the molecule is O=C(Nc1ncccn1)N1c2nc(N3CCCC(C(F)(F)F)C3)ccc2N2CCCC21. The van der Waals surface area contributed by atoms with E-state index < -0.39 is 18.1 Å². The highest BCUT2D eigenvalue weighted by Crippen LogP contribution is 2.44. The molecule has 2 aromatic heterocycles. The van der Waals surface area contributed by atoms with Gasteiger partial charge in [0.25, 0.3) is 0 Å². The first-order chi connectivity index (χ1) is 14.9. The maximum atomic E-state index is 13.3. The second kappa shape index (κ2) is 7.54. The Bertz CT molecular complexity index is 971. The third-order valence-electron chi connectivity index (χ3n) is 6.11. The smallest absolute Gasteiger partial charge is 0.356 e. The molecule has 8 nitrogen and oxygen atoms in total. The number of amides is 2. The Morgan fingerprint density at radius 2 is 1.87 bits per heavy atom. The molecule has 11 heteroatoms. The van der Waals surface area contributed by atoms with Gasteiger partial charge in [-0.1, -0.05) is 0 Å². The Morgan fingerprint density at radius 3 is 2.65 bits per heavy atom. The van der Waals surface area contributed by atoms with Gasteiger partial charge in [0.1, 0.15) is 12.0 Å². The summed E-state index contributed by atoms with van der Waals surface area (Å²) < 4.78 is 39.8. The Labute approximate surface area is 177 Å². The molecule has 0 saturated carbocycles. The van der Waals surface area contributed by atoms with Gasteiger partial charge < -0.3 is 9.80 Å². The maximum Gasteiger partial charge on any atom is 0.393 e. The van der Waals surface area contributed by atoms with E-state index >= 15 is 0 Å². The lowest BCUT2D eigenvalue weighted by Crippen LogP contribution is -2.45. The van der Waals surface area contributed by atoms with E-state index in [4.69, 9.17) is 0 Å². The molecule has 3 aliphatic rings. The van der Waals surface area contributed by atoms with Crippen LogP contribution in [0.2, 0.25) is 0 Å². The van der Waals surface area contributed by atoms with Crippen LogP contribution < -0.4 is 20.0 Å². The van der Waals surface area contributed by atoms with Crippen molar-refractivity contribution in [3.05, 3.63) is 30.6 Å². The monoisotopic (exact) mass is 433 g/mol. The Balaban J connectivity index is 1.44. The summed E-state index contributed by atoms with van der Waals surface area (Å²) in [7, 11) is 0. The van der Waals surface area contributed by atoms with Gasteiger partial charge in [-0.05, 0) is 43.9 Å². The number of nitrogens with zero attached hydrogens (tertiary/aromatic N) is 6. The molecule has 164 valence electrons. The molecule has 3 aliphatic heterocycles. The van der Waals surface area contributed by atoms with Gasteiger partial charge in [-0.15, -0.1) is 0 Å². The van der Waals surface area contributed by atoms with Crippen LogP contribution in [0.15, 0.2) is 30.6 Å². The normalized spacial score (nSPS) is 23.0. The molecule has 2 saturated heterocycles. The van der Waals surface area contributed by atoms with E-state index in [0.29, 0.717) is 24.6 Å². The van der Waals surface area contributed by atoms with Gasteiger partial charge in [-0.2, -0.15) is 13.2 Å². The van der Waals surface area contributed by atoms with Crippen LogP contribution in [0, 0.1) is 5.92 Å². The van der Waals surface area contributed by atoms with Crippen molar-refractivity contribution in [3.8, 4) is 0 Å². The first kappa shape index (κ1) is 19.8. The van der Waals surface area contributed by atoms with Crippen molar-refractivity contribution < 1.29 is 18.0 Å². The summed E-state index contributed by atoms with van der Waals surface area (Å²) in [5, 5.41) is 2.70. The minimum absolute atomic E-state index is 0.119. The highest BCUT2D eigenvalue weighted by atomic mass is 19.4. The summed E-state index contributed by atoms with van der Waals surface area (Å²) in [4.78, 5) is 31.2. The average molecular weight is 433 g/mol. The van der Waals surface area contributed by atoms with Crippen molar-refractivity contribution in [1.82, 2.24) is 15.0 Å². The summed E-state index contributed by atoms with van der Waals surface area (Å²) in [5.74, 6) is -0.257. The van der Waals surface area contributed by atoms with Gasteiger partial charge in [0.05, 0.1) is 11.6 Å². The van der Waals surface area contributed by atoms with E-state index in [9.17, 15) is 18.0 Å². The zero-order chi connectivity index (χ0) is 21.6. The second-order valence-corrected chi connectivity index (χ2v) is 8.03. The molecule has 0 spiro atoms. The number of fused-ring (bicyclic) bond motifs is 3. The number of carbonyl (C=O) groups is 1. The number of piperidine rings is 1. The number of urea groups is 1. The van der Waals surface area contributed by atoms with Gasteiger partial charge in [-0.25, -0.2) is 19.7 Å². The number of hydrogen-bond donors (Lipinski definition) is 1. The quantitative estimate of drug-likeness (QED) is 0.780. The zero-order valence-electron chi connectivity index (χ0n) is 16.7. The van der Waals surface area contributed by atoms with Crippen LogP contribution in [0.4, 0.5) is 41.2 Å². The maximum absolute atomic E-state index is 13.3. The van der Waals surface area contributed by atoms with Crippen LogP contribution >= 0.6 is 0 Å². The van der Waals surface area contributed by atoms with E-state index in [-0.39, 0.29) is 25.1 Å². The van der Waals surface area contributed by atoms with Gasteiger partial charge in [0.15, 0.2) is 5.82 Å². The number of halogens is 3. The summed E-state index contributed by atoms with van der Waals surface area (Å²) in [6.45, 7) is 1.19. The second-order valence-electron chi connectivity index (χ2n) is 8.03. The minimum atomic E-state index is -4.22. The molecular formula is C20H22F3N7O. The Hall–Kier alpha value is -3.11. The van der Waals surface area contributed by atoms with Crippen LogP contribution in [0.1, 0.15) is 25.7 Å². The molecule has 2 aromatic rings. The molecule has 0 bridgehead atoms. The third-order valence-corrected chi connectivity index (χ3v) is 6.11. The standard InChI is InChI=1S/C20H22F3N7O/c21-20(22,23)13-4-1-10-28(12-13)15-7-6-14-17(26-15)30(16-5-2-11-29(14)16)19(31)27-18-24-8-3-9-25-18/h3,6-9,13,16H,1-2,4-5,10-12H2,(H,24,25,27,31). The molecule has 2 amide bonds. The fourth-order valence-electron chi connectivity index (χ4n) is 4.65. The summed E-state index contributed by atoms with van der Waals surface area (Å²) >= 11 is 0. The lowest BCUT2D eigenvalue weighted by molar-refractivity contribution is -0.176. The van der Waals surface area contributed by atoms with Crippen LogP contribution in [0.3, 0.4) is 0 Å². The van der Waals surface area contributed by atoms with E-state index in [1.54, 1.807) is 21.9 Å². The summed E-state index contributed by atoms with van der Waals surface area (Å²) in [5.41, 5.74) is 0.819. The topological polar surface area (TPSA) is 77.5 Å². The zero-order valence-corrected chi connectivity index (χ0v) is 16.7. The van der Waals surface area contributed by atoms with Crippen LogP contribution in [-0.2, 0) is 0 Å². The lowest BCUT2D eigenvalue weighted by atomic mass is 9.97. The fourth-order valence-corrected chi connectivity index (χ4v) is 4.65. The molecule has 0 aromatic carbocycles. The third kappa shape index (κ3) is 3.61. The molecule has 31 heavy (non-hydrogen) atoms. The largest absolute Gasteiger partial charge is 0.393 e. The van der Waals surface area contributed by atoms with Crippen molar-refractivity contribution in [2.24, 2.45) is 5.92 Å². The van der Waals surface area contributed by atoms with Crippen molar-refractivity contribution in [2.75, 3.05) is 39.7 Å². The van der Waals surface area contributed by atoms with Gasteiger partial charge >= 0.3 is 12.2 Å². The lowest BCUT2D eigenvalue weighted by Gasteiger charge is -2.34. The van der Waals surface area contributed by atoms with Crippen molar-refractivity contribution >= 4 is 29.3 Å². The predicted molar refractivity (Wildman–Crippen MR) is 109 cm³/mol. The molecule has 0 aliphatic carbocycles. The number of aromatic nitrogens is 3. The van der Waals surface area contributed by atoms with E-state index in [0.717, 1.165) is 25.1 Å². The first-order valence-electron chi connectivity index (χ1n) is 10.4. The van der Waals surface area contributed by atoms with Crippen LogP contribution in [0.25, 0.3) is 0 Å². The van der Waals surface area contributed by atoms with Gasteiger partial charge in [-0.3, -0.25) is 10.2 Å². The highest BCUT2D eigenvalue weighted by Gasteiger charge is 2.45. The van der Waals surface area contributed by atoms with E-state index in [1.807, 2.05) is 6.07 Å². The van der Waals surface area contributed by atoms with Crippen LogP contribution in [-0.4, -0.2) is 53.0 Å². The van der Waals surface area contributed by atoms with E-state index in [1.165, 1.54) is 12.4 Å². The van der Waals surface area contributed by atoms with Crippen LogP contribution in [0.5, 0.6) is 0 Å². The molecule has 0 radical (unpaired) electrons. The number of alkyl halides is 3. The molecule has 1 N–H and O–H groups in total. The average Bonchev–Trinajstić information content (AvgIpc) is 3.34. The number of rotatable bonds is 2. The minimum Gasteiger partial charge on any atom is -0.356 e. The molecule has 2 atom stereocenters. The molecule has 2 unspecified atom stereocenters. The van der Waals surface area contributed by atoms with Crippen molar-refractivity contribution in [2.45, 2.75) is 38.0 Å². The molecule has 5 rings (SSSR count).